The van der Waals surface area contributed by atoms with Gasteiger partial charge < -0.3 is 10.2 Å². The third-order valence-corrected chi connectivity index (χ3v) is 5.99. The fourth-order valence-electron chi connectivity index (χ4n) is 4.36. The number of carbonyl (C=O) groups is 1. The van der Waals surface area contributed by atoms with E-state index in [-0.39, 0.29) is 5.91 Å². The van der Waals surface area contributed by atoms with E-state index in [0.717, 1.165) is 65.0 Å². The maximum absolute atomic E-state index is 13.3. The Morgan fingerprint density at radius 1 is 1.03 bits per heavy atom. The Kier molecular flexibility index (Phi) is 5.13. The molecule has 0 unspecified atom stereocenters. The van der Waals surface area contributed by atoms with Crippen LogP contribution in [0, 0.1) is 6.92 Å². The van der Waals surface area contributed by atoms with Crippen molar-refractivity contribution in [2.24, 2.45) is 14.1 Å². The van der Waals surface area contributed by atoms with E-state index in [9.17, 15) is 4.79 Å². The molecule has 0 atom stereocenters. The van der Waals surface area contributed by atoms with Gasteiger partial charge in [0.2, 0.25) is 0 Å². The number of fused-ring (bicyclic) bond motifs is 1. The number of hydrogen-bond acceptors (Lipinski definition) is 5. The van der Waals surface area contributed by atoms with Crippen LogP contribution in [0.2, 0.25) is 0 Å². The molecule has 0 spiro atoms. The lowest BCUT2D eigenvalue weighted by atomic mass is 10.1. The van der Waals surface area contributed by atoms with Gasteiger partial charge in [-0.05, 0) is 49.9 Å². The number of piperidine rings is 1. The monoisotopic (exact) mass is 429 g/mol. The first kappa shape index (κ1) is 20.2. The topological polar surface area (TPSA) is 80.9 Å². The molecule has 1 aliphatic heterocycles. The standard InChI is InChI=1S/C24H27N7O/c1-16-7-8-19(26-23(16)18-13-25-29(2)15-18)24(32)27-21-11-17-14-30(3)28-20(17)12-22(21)31-9-5-4-6-10-31/h7-8,11-15H,4-6,9-10H2,1-3H3,(H,27,32). The zero-order valence-electron chi connectivity index (χ0n) is 18.7. The highest BCUT2D eigenvalue weighted by Gasteiger charge is 2.20. The minimum Gasteiger partial charge on any atom is -0.370 e. The largest absolute Gasteiger partial charge is 0.370 e. The van der Waals surface area contributed by atoms with Gasteiger partial charge in [-0.25, -0.2) is 4.98 Å². The van der Waals surface area contributed by atoms with Crippen LogP contribution in [0.3, 0.4) is 0 Å². The molecule has 4 heterocycles. The third kappa shape index (κ3) is 3.84. The van der Waals surface area contributed by atoms with Crippen LogP contribution in [0.1, 0.15) is 35.3 Å². The predicted molar refractivity (Wildman–Crippen MR) is 126 cm³/mol. The van der Waals surface area contributed by atoms with Gasteiger partial charge in [0.15, 0.2) is 0 Å². The van der Waals surface area contributed by atoms with E-state index >= 15 is 0 Å². The SMILES string of the molecule is Cc1ccc(C(=O)Nc2cc3cn(C)nc3cc2N2CCCCC2)nc1-c1cnn(C)c1. The molecule has 0 bridgehead atoms. The van der Waals surface area contributed by atoms with Crippen molar-refractivity contribution in [2.75, 3.05) is 23.3 Å². The first-order chi connectivity index (χ1) is 15.5. The number of carbonyl (C=O) groups excluding carboxylic acids is 1. The Morgan fingerprint density at radius 2 is 1.84 bits per heavy atom. The molecule has 1 saturated heterocycles. The molecule has 0 radical (unpaired) electrons. The summed E-state index contributed by atoms with van der Waals surface area (Å²) in [6.45, 7) is 3.95. The van der Waals surface area contributed by atoms with Gasteiger partial charge in [0.1, 0.15) is 5.69 Å². The van der Waals surface area contributed by atoms with E-state index in [1.807, 2.05) is 45.5 Å². The van der Waals surface area contributed by atoms with Gasteiger partial charge in [-0.15, -0.1) is 0 Å². The summed E-state index contributed by atoms with van der Waals surface area (Å²) < 4.78 is 3.54. The summed E-state index contributed by atoms with van der Waals surface area (Å²) in [5, 5.41) is 12.9. The molecular formula is C24H27N7O. The van der Waals surface area contributed by atoms with Gasteiger partial charge in [0.25, 0.3) is 5.91 Å². The van der Waals surface area contributed by atoms with Crippen LogP contribution in [0.4, 0.5) is 11.4 Å². The molecule has 5 rings (SSSR count). The van der Waals surface area contributed by atoms with Gasteiger partial charge in [-0.3, -0.25) is 14.2 Å². The minimum atomic E-state index is -0.225. The Hall–Kier alpha value is -3.68. The number of amides is 1. The first-order valence-electron chi connectivity index (χ1n) is 11.0. The highest BCUT2D eigenvalue weighted by molar-refractivity contribution is 6.06. The molecule has 1 fully saturated rings. The first-order valence-corrected chi connectivity index (χ1v) is 11.0. The molecule has 3 aromatic heterocycles. The predicted octanol–water partition coefficient (Wildman–Crippen LogP) is 3.92. The number of benzene rings is 1. The number of nitrogens with zero attached hydrogens (tertiary/aromatic N) is 6. The van der Waals surface area contributed by atoms with Crippen LogP contribution in [-0.4, -0.2) is 43.5 Å². The van der Waals surface area contributed by atoms with Crippen molar-refractivity contribution in [1.29, 1.82) is 0 Å². The van der Waals surface area contributed by atoms with Crippen molar-refractivity contribution in [3.63, 3.8) is 0 Å². The lowest BCUT2D eigenvalue weighted by molar-refractivity contribution is 0.102. The van der Waals surface area contributed by atoms with Crippen LogP contribution in [-0.2, 0) is 14.1 Å². The lowest BCUT2D eigenvalue weighted by Crippen LogP contribution is -2.30. The number of rotatable bonds is 4. The number of aryl methyl sites for hydroxylation is 3. The molecule has 1 aromatic carbocycles. The third-order valence-electron chi connectivity index (χ3n) is 5.99. The minimum absolute atomic E-state index is 0.225. The zero-order valence-corrected chi connectivity index (χ0v) is 18.7. The quantitative estimate of drug-likeness (QED) is 0.532. The molecule has 1 N–H and O–H groups in total. The van der Waals surface area contributed by atoms with Crippen LogP contribution in [0.15, 0.2) is 42.9 Å². The summed E-state index contributed by atoms with van der Waals surface area (Å²) in [5.74, 6) is -0.225. The molecule has 0 saturated carbocycles. The smallest absolute Gasteiger partial charge is 0.274 e. The summed E-state index contributed by atoms with van der Waals surface area (Å²) >= 11 is 0. The van der Waals surface area contributed by atoms with Crippen molar-refractivity contribution >= 4 is 28.2 Å². The fourth-order valence-corrected chi connectivity index (χ4v) is 4.36. The molecule has 0 aliphatic carbocycles. The summed E-state index contributed by atoms with van der Waals surface area (Å²) in [4.78, 5) is 20.3. The average molecular weight is 430 g/mol. The van der Waals surface area contributed by atoms with Crippen molar-refractivity contribution in [1.82, 2.24) is 24.5 Å². The number of hydrogen-bond donors (Lipinski definition) is 1. The van der Waals surface area contributed by atoms with E-state index < -0.39 is 0 Å². The van der Waals surface area contributed by atoms with Crippen molar-refractivity contribution in [3.05, 3.63) is 54.1 Å². The molecule has 32 heavy (non-hydrogen) atoms. The average Bonchev–Trinajstić information content (AvgIpc) is 3.38. The maximum Gasteiger partial charge on any atom is 0.274 e. The van der Waals surface area contributed by atoms with Gasteiger partial charge in [0, 0.05) is 50.5 Å². The van der Waals surface area contributed by atoms with E-state index in [1.165, 1.54) is 6.42 Å². The van der Waals surface area contributed by atoms with Gasteiger partial charge in [-0.1, -0.05) is 6.07 Å². The highest BCUT2D eigenvalue weighted by Crippen LogP contribution is 2.33. The van der Waals surface area contributed by atoms with Crippen molar-refractivity contribution in [3.8, 4) is 11.3 Å². The van der Waals surface area contributed by atoms with Crippen LogP contribution in [0.25, 0.3) is 22.2 Å². The Bertz CT molecular complexity index is 1300. The van der Waals surface area contributed by atoms with Gasteiger partial charge >= 0.3 is 0 Å². The Labute approximate surface area is 186 Å². The normalized spacial score (nSPS) is 14.2. The van der Waals surface area contributed by atoms with Crippen LogP contribution >= 0.6 is 0 Å². The highest BCUT2D eigenvalue weighted by atomic mass is 16.1. The summed E-state index contributed by atoms with van der Waals surface area (Å²) in [7, 11) is 3.78. The second kappa shape index (κ2) is 8.11. The van der Waals surface area contributed by atoms with E-state index in [1.54, 1.807) is 21.6 Å². The van der Waals surface area contributed by atoms with Crippen LogP contribution < -0.4 is 10.2 Å². The molecule has 8 heteroatoms. The second-order valence-electron chi connectivity index (χ2n) is 8.50. The zero-order chi connectivity index (χ0) is 22.2. The molecule has 1 aliphatic rings. The maximum atomic E-state index is 13.3. The summed E-state index contributed by atoms with van der Waals surface area (Å²) in [6.07, 6.45) is 9.19. The summed E-state index contributed by atoms with van der Waals surface area (Å²) in [5.41, 5.74) is 5.78. The van der Waals surface area contributed by atoms with Crippen molar-refractivity contribution in [2.45, 2.75) is 26.2 Å². The number of aromatic nitrogens is 5. The number of pyridine rings is 1. The van der Waals surface area contributed by atoms with Gasteiger partial charge in [0.05, 0.1) is 28.8 Å². The fraction of sp³-hybridized carbons (Fsp3) is 0.333. The lowest BCUT2D eigenvalue weighted by Gasteiger charge is -2.30. The molecular weight excluding hydrogens is 402 g/mol. The van der Waals surface area contributed by atoms with E-state index in [0.29, 0.717) is 5.69 Å². The Balaban J connectivity index is 1.50. The number of nitrogens with one attached hydrogen (secondary N) is 1. The van der Waals surface area contributed by atoms with Crippen molar-refractivity contribution < 1.29 is 4.79 Å². The van der Waals surface area contributed by atoms with E-state index in [4.69, 9.17) is 0 Å². The summed E-state index contributed by atoms with van der Waals surface area (Å²) in [6, 6.07) is 7.80. The Morgan fingerprint density at radius 3 is 2.59 bits per heavy atom. The molecule has 1 amide bonds. The second-order valence-corrected chi connectivity index (χ2v) is 8.50. The molecule has 8 nitrogen and oxygen atoms in total. The van der Waals surface area contributed by atoms with E-state index in [2.05, 4.69) is 31.5 Å². The molecule has 164 valence electrons. The van der Waals surface area contributed by atoms with Crippen LogP contribution in [0.5, 0.6) is 0 Å². The number of anilines is 2. The van der Waals surface area contributed by atoms with Gasteiger partial charge in [-0.2, -0.15) is 10.2 Å². The molecule has 4 aromatic rings.